The van der Waals surface area contributed by atoms with Crippen LogP contribution in [0.25, 0.3) is 0 Å². The number of methoxy groups -OCH3 is 1. The Morgan fingerprint density at radius 2 is 1.31 bits per heavy atom. The second kappa shape index (κ2) is 12.4. The standard InChI is InChI=1S/C30H28O6/c1-33-25-14-15-27(30(16-25)35-20-23-10-6-3-7-11-23)28(32)21-36-29-17-26(13-12-24(29)18-31)34-19-22-8-4-2-5-9-22/h2-17,31H,18-21H2,1H3. The Morgan fingerprint density at radius 1 is 0.694 bits per heavy atom. The summed E-state index contributed by atoms with van der Waals surface area (Å²) in [6.07, 6.45) is 0. The smallest absolute Gasteiger partial charge is 0.203 e. The minimum atomic E-state index is -0.264. The van der Waals surface area contributed by atoms with Gasteiger partial charge in [-0.25, -0.2) is 0 Å². The first-order valence-electron chi connectivity index (χ1n) is 11.6. The maximum absolute atomic E-state index is 13.1. The summed E-state index contributed by atoms with van der Waals surface area (Å²) in [5.74, 6) is 1.70. The highest BCUT2D eigenvalue weighted by molar-refractivity contribution is 6.00. The van der Waals surface area contributed by atoms with E-state index in [1.807, 2.05) is 60.7 Å². The zero-order valence-corrected chi connectivity index (χ0v) is 20.1. The van der Waals surface area contributed by atoms with Gasteiger partial charge >= 0.3 is 0 Å². The molecule has 1 N–H and O–H groups in total. The molecule has 0 saturated heterocycles. The minimum Gasteiger partial charge on any atom is -0.497 e. The number of ether oxygens (including phenoxy) is 4. The SMILES string of the molecule is COc1ccc(C(=O)COc2cc(OCc3ccccc3)ccc2CO)c(OCc2ccccc2)c1. The van der Waals surface area contributed by atoms with Gasteiger partial charge in [-0.15, -0.1) is 0 Å². The highest BCUT2D eigenvalue weighted by Crippen LogP contribution is 2.29. The third kappa shape index (κ3) is 6.64. The predicted octanol–water partition coefficient (Wildman–Crippen LogP) is 5.61. The van der Waals surface area contributed by atoms with Gasteiger partial charge in [-0.3, -0.25) is 4.79 Å². The summed E-state index contributed by atoms with van der Waals surface area (Å²) >= 11 is 0. The largest absolute Gasteiger partial charge is 0.497 e. The zero-order chi connectivity index (χ0) is 25.2. The van der Waals surface area contributed by atoms with Crippen LogP contribution < -0.4 is 18.9 Å². The second-order valence-electron chi connectivity index (χ2n) is 8.05. The van der Waals surface area contributed by atoms with Crippen molar-refractivity contribution in [3.8, 4) is 23.0 Å². The van der Waals surface area contributed by atoms with Gasteiger partial charge in [0, 0.05) is 17.7 Å². The van der Waals surface area contributed by atoms with Crippen LogP contribution in [0.1, 0.15) is 27.0 Å². The molecule has 6 heteroatoms. The first-order chi connectivity index (χ1) is 17.7. The molecule has 0 bridgehead atoms. The summed E-state index contributed by atoms with van der Waals surface area (Å²) in [7, 11) is 1.56. The predicted molar refractivity (Wildman–Crippen MR) is 137 cm³/mol. The van der Waals surface area contributed by atoms with Crippen molar-refractivity contribution in [2.75, 3.05) is 13.7 Å². The minimum absolute atomic E-state index is 0.226. The zero-order valence-electron chi connectivity index (χ0n) is 20.1. The van der Waals surface area contributed by atoms with Crippen LogP contribution in [0.5, 0.6) is 23.0 Å². The van der Waals surface area contributed by atoms with Gasteiger partial charge in [0.1, 0.15) is 36.2 Å². The van der Waals surface area contributed by atoms with E-state index >= 15 is 0 Å². The van der Waals surface area contributed by atoms with Crippen molar-refractivity contribution in [3.63, 3.8) is 0 Å². The molecule has 0 amide bonds. The number of aliphatic hydroxyl groups is 1. The van der Waals surface area contributed by atoms with Crippen LogP contribution in [0.2, 0.25) is 0 Å². The van der Waals surface area contributed by atoms with Crippen molar-refractivity contribution in [2.24, 2.45) is 0 Å². The molecule has 0 fully saturated rings. The summed E-state index contributed by atoms with van der Waals surface area (Å²) in [5, 5.41) is 9.74. The maximum Gasteiger partial charge on any atom is 0.203 e. The number of hydrogen-bond acceptors (Lipinski definition) is 6. The number of benzene rings is 4. The van der Waals surface area contributed by atoms with Crippen LogP contribution >= 0.6 is 0 Å². The molecule has 0 aliphatic heterocycles. The van der Waals surface area contributed by atoms with E-state index in [4.69, 9.17) is 18.9 Å². The van der Waals surface area contributed by atoms with Crippen molar-refractivity contribution in [1.29, 1.82) is 0 Å². The van der Waals surface area contributed by atoms with Gasteiger partial charge in [-0.05, 0) is 35.4 Å². The Kier molecular flexibility index (Phi) is 8.57. The van der Waals surface area contributed by atoms with Crippen LogP contribution in [0.4, 0.5) is 0 Å². The normalized spacial score (nSPS) is 10.5. The Balaban J connectivity index is 1.45. The lowest BCUT2D eigenvalue weighted by Gasteiger charge is -2.15. The molecule has 0 saturated carbocycles. The molecule has 0 aliphatic rings. The summed E-state index contributed by atoms with van der Waals surface area (Å²) < 4.78 is 23.0. The van der Waals surface area contributed by atoms with Crippen molar-refractivity contribution in [2.45, 2.75) is 19.8 Å². The summed E-state index contributed by atoms with van der Waals surface area (Å²) in [4.78, 5) is 13.1. The van der Waals surface area contributed by atoms with Gasteiger partial charge < -0.3 is 24.1 Å². The molecule has 6 nitrogen and oxygen atoms in total. The molecule has 0 spiro atoms. The third-order valence-corrected chi connectivity index (χ3v) is 5.54. The molecule has 0 atom stereocenters. The molecule has 4 rings (SSSR count). The molecule has 0 heterocycles. The van der Waals surface area contributed by atoms with Crippen LogP contribution in [-0.4, -0.2) is 24.6 Å². The van der Waals surface area contributed by atoms with Gasteiger partial charge in [0.2, 0.25) is 5.78 Å². The molecule has 184 valence electrons. The van der Waals surface area contributed by atoms with Gasteiger partial charge in [0.05, 0.1) is 19.3 Å². The number of Topliss-reactive ketones (excluding diaryl/α,β-unsaturated/α-hetero) is 1. The summed E-state index contributed by atoms with van der Waals surface area (Å²) in [5.41, 5.74) is 2.96. The monoisotopic (exact) mass is 484 g/mol. The quantitative estimate of drug-likeness (QED) is 0.264. The maximum atomic E-state index is 13.1. The number of rotatable bonds is 12. The third-order valence-electron chi connectivity index (χ3n) is 5.54. The van der Waals surface area contributed by atoms with E-state index in [-0.39, 0.29) is 19.0 Å². The summed E-state index contributed by atoms with van der Waals surface area (Å²) in [6, 6.07) is 29.7. The van der Waals surface area contributed by atoms with E-state index in [1.165, 1.54) is 0 Å². The topological polar surface area (TPSA) is 74.2 Å². The van der Waals surface area contributed by atoms with Gasteiger partial charge in [-0.1, -0.05) is 60.7 Å². The number of carbonyl (C=O) groups excluding carboxylic acids is 1. The average Bonchev–Trinajstić information content (AvgIpc) is 2.94. The lowest BCUT2D eigenvalue weighted by Crippen LogP contribution is -2.14. The Hall–Kier alpha value is -4.29. The molecular formula is C30H28O6. The second-order valence-corrected chi connectivity index (χ2v) is 8.05. The lowest BCUT2D eigenvalue weighted by atomic mass is 10.1. The number of ketones is 1. The van der Waals surface area contributed by atoms with Gasteiger partial charge in [0.15, 0.2) is 6.61 Å². The van der Waals surface area contributed by atoms with Gasteiger partial charge in [-0.2, -0.15) is 0 Å². The van der Waals surface area contributed by atoms with Crippen LogP contribution in [0, 0.1) is 0 Å². The molecule has 0 radical (unpaired) electrons. The molecule has 36 heavy (non-hydrogen) atoms. The number of hydrogen-bond donors (Lipinski definition) is 1. The highest BCUT2D eigenvalue weighted by atomic mass is 16.5. The number of carbonyl (C=O) groups is 1. The van der Waals surface area contributed by atoms with Crippen molar-refractivity contribution >= 4 is 5.78 Å². The first-order valence-corrected chi connectivity index (χ1v) is 11.6. The van der Waals surface area contributed by atoms with E-state index in [2.05, 4.69) is 0 Å². The van der Waals surface area contributed by atoms with E-state index < -0.39 is 0 Å². The molecule has 0 aliphatic carbocycles. The Morgan fingerprint density at radius 3 is 1.94 bits per heavy atom. The van der Waals surface area contributed by atoms with Crippen LogP contribution in [0.3, 0.4) is 0 Å². The molecule has 0 unspecified atom stereocenters. The molecule has 4 aromatic carbocycles. The summed E-state index contributed by atoms with van der Waals surface area (Å²) in [6.45, 7) is 0.246. The van der Waals surface area contributed by atoms with E-state index in [1.54, 1.807) is 43.5 Å². The number of aliphatic hydroxyl groups excluding tert-OH is 1. The molecule has 0 aromatic heterocycles. The van der Waals surface area contributed by atoms with Crippen molar-refractivity contribution in [3.05, 3.63) is 119 Å². The Labute approximate surface area is 210 Å². The fraction of sp³-hybridized carbons (Fsp3) is 0.167. The molecular weight excluding hydrogens is 456 g/mol. The van der Waals surface area contributed by atoms with E-state index in [0.29, 0.717) is 47.3 Å². The van der Waals surface area contributed by atoms with E-state index in [0.717, 1.165) is 11.1 Å². The average molecular weight is 485 g/mol. The highest BCUT2D eigenvalue weighted by Gasteiger charge is 2.16. The fourth-order valence-corrected chi connectivity index (χ4v) is 3.57. The van der Waals surface area contributed by atoms with Crippen molar-refractivity contribution in [1.82, 2.24) is 0 Å². The lowest BCUT2D eigenvalue weighted by molar-refractivity contribution is 0.0914. The first kappa shape index (κ1) is 24.8. The van der Waals surface area contributed by atoms with E-state index in [9.17, 15) is 9.90 Å². The fourth-order valence-electron chi connectivity index (χ4n) is 3.57. The van der Waals surface area contributed by atoms with Crippen LogP contribution in [-0.2, 0) is 19.8 Å². The van der Waals surface area contributed by atoms with Crippen molar-refractivity contribution < 1.29 is 28.8 Å². The Bertz CT molecular complexity index is 1270. The van der Waals surface area contributed by atoms with Gasteiger partial charge in [0.25, 0.3) is 0 Å². The van der Waals surface area contributed by atoms with Crippen LogP contribution in [0.15, 0.2) is 97.1 Å². The molecule has 4 aromatic rings.